The van der Waals surface area contributed by atoms with Crippen LogP contribution in [0.15, 0.2) is 42.6 Å². The van der Waals surface area contributed by atoms with Crippen LogP contribution in [0.2, 0.25) is 0 Å². The maximum atomic E-state index is 5.47. The zero-order chi connectivity index (χ0) is 21.1. The minimum absolute atomic E-state index is 0.411. The second kappa shape index (κ2) is 8.50. The van der Waals surface area contributed by atoms with E-state index in [1.165, 1.54) is 0 Å². The minimum atomic E-state index is 0.411. The molecular weight excluding hydrogens is 400 g/mol. The summed E-state index contributed by atoms with van der Waals surface area (Å²) in [7, 11) is 7.26. The van der Waals surface area contributed by atoms with E-state index >= 15 is 0 Å². The minimum Gasteiger partial charge on any atom is -0.496 e. The number of nitrogens with zero attached hydrogens (tertiary/aromatic N) is 5. The second-order valence-corrected chi connectivity index (χ2v) is 7.83. The van der Waals surface area contributed by atoms with Crippen LogP contribution in [0.25, 0.3) is 21.5 Å². The summed E-state index contributed by atoms with van der Waals surface area (Å²) in [5.41, 5.74) is 3.45. The van der Waals surface area contributed by atoms with Gasteiger partial charge in [0.05, 0.1) is 42.7 Å². The number of ether oxygens (including phenoxy) is 2. The Bertz CT molecular complexity index is 1160. The van der Waals surface area contributed by atoms with Crippen LogP contribution in [-0.4, -0.2) is 48.5 Å². The van der Waals surface area contributed by atoms with Gasteiger partial charge in [0.15, 0.2) is 0 Å². The predicted molar refractivity (Wildman–Crippen MR) is 120 cm³/mol. The number of aromatic nitrogens is 4. The topological polar surface area (TPSA) is 85.3 Å². The van der Waals surface area contributed by atoms with Crippen molar-refractivity contribution >= 4 is 33.2 Å². The van der Waals surface area contributed by atoms with E-state index in [-0.39, 0.29) is 0 Å². The van der Waals surface area contributed by atoms with E-state index in [9.17, 15) is 0 Å². The molecule has 8 nitrogen and oxygen atoms in total. The van der Waals surface area contributed by atoms with E-state index in [1.807, 2.05) is 32.3 Å². The van der Waals surface area contributed by atoms with Gasteiger partial charge in [0, 0.05) is 19.8 Å². The van der Waals surface area contributed by atoms with Gasteiger partial charge in [-0.15, -0.1) is 16.4 Å². The van der Waals surface area contributed by atoms with Crippen molar-refractivity contribution in [2.75, 3.05) is 38.5 Å². The lowest BCUT2D eigenvalue weighted by atomic mass is 10.1. The van der Waals surface area contributed by atoms with E-state index in [4.69, 9.17) is 14.5 Å². The molecule has 0 aliphatic carbocycles. The average molecular weight is 423 g/mol. The van der Waals surface area contributed by atoms with Crippen molar-refractivity contribution in [2.24, 2.45) is 0 Å². The number of fused-ring (bicyclic) bond motifs is 1. The number of hydrogen-bond donors (Lipinski definition) is 1. The Morgan fingerprint density at radius 2 is 1.80 bits per heavy atom. The number of methoxy groups -OCH3 is 2. The molecule has 0 fully saturated rings. The fourth-order valence-electron chi connectivity index (χ4n) is 3.07. The van der Waals surface area contributed by atoms with Crippen LogP contribution in [0.3, 0.4) is 0 Å². The molecule has 30 heavy (non-hydrogen) atoms. The van der Waals surface area contributed by atoms with Crippen LogP contribution in [0.5, 0.6) is 11.5 Å². The maximum absolute atomic E-state index is 5.47. The Morgan fingerprint density at radius 3 is 2.50 bits per heavy atom. The normalized spacial score (nSPS) is 10.8. The van der Waals surface area contributed by atoms with Gasteiger partial charge in [-0.25, -0.2) is 9.97 Å². The first-order chi connectivity index (χ1) is 14.6. The number of anilines is 2. The largest absolute Gasteiger partial charge is 0.496 e. The van der Waals surface area contributed by atoms with E-state index < -0.39 is 0 Å². The fraction of sp³-hybridized carbons (Fsp3) is 0.238. The Balaban J connectivity index is 1.57. The van der Waals surface area contributed by atoms with Crippen molar-refractivity contribution in [1.82, 2.24) is 20.2 Å². The standard InChI is InChI=1S/C21H22N6O2S/c1-27(2)13-8-9-18-14(10-13)24-19(30-18)12-22-21-25-15(11-23-26-21)20-16(28-3)6-5-7-17(20)29-4/h5-11H,12H2,1-4H3,(H,22,25,26). The van der Waals surface area contributed by atoms with Crippen molar-refractivity contribution in [3.63, 3.8) is 0 Å². The summed E-state index contributed by atoms with van der Waals surface area (Å²) in [6.07, 6.45) is 1.59. The highest BCUT2D eigenvalue weighted by molar-refractivity contribution is 7.18. The van der Waals surface area contributed by atoms with E-state index in [0.717, 1.165) is 26.5 Å². The van der Waals surface area contributed by atoms with Crippen LogP contribution < -0.4 is 19.7 Å². The van der Waals surface area contributed by atoms with Gasteiger partial charge in [0.25, 0.3) is 0 Å². The Kier molecular flexibility index (Phi) is 5.62. The van der Waals surface area contributed by atoms with Crippen LogP contribution >= 0.6 is 11.3 Å². The van der Waals surface area contributed by atoms with Gasteiger partial charge in [-0.1, -0.05) is 6.07 Å². The van der Waals surface area contributed by atoms with Crippen LogP contribution in [0.4, 0.5) is 11.6 Å². The van der Waals surface area contributed by atoms with Crippen molar-refractivity contribution in [3.8, 4) is 22.8 Å². The zero-order valence-electron chi connectivity index (χ0n) is 17.2. The van der Waals surface area contributed by atoms with Crippen molar-refractivity contribution in [1.29, 1.82) is 0 Å². The van der Waals surface area contributed by atoms with Crippen LogP contribution in [0.1, 0.15) is 5.01 Å². The van der Waals surface area contributed by atoms with Gasteiger partial charge in [0.2, 0.25) is 5.95 Å². The third kappa shape index (κ3) is 3.97. The molecule has 154 valence electrons. The molecule has 0 spiro atoms. The average Bonchev–Trinajstić information content (AvgIpc) is 3.19. The first-order valence-electron chi connectivity index (χ1n) is 9.31. The Morgan fingerprint density at radius 1 is 1.03 bits per heavy atom. The summed E-state index contributed by atoms with van der Waals surface area (Å²) in [5, 5.41) is 12.4. The monoisotopic (exact) mass is 422 g/mol. The Hall–Kier alpha value is -3.46. The smallest absolute Gasteiger partial charge is 0.243 e. The van der Waals surface area contributed by atoms with Crippen molar-refractivity contribution in [3.05, 3.63) is 47.6 Å². The lowest BCUT2D eigenvalue weighted by Crippen LogP contribution is -2.08. The van der Waals surface area contributed by atoms with Gasteiger partial charge in [-0.3, -0.25) is 0 Å². The van der Waals surface area contributed by atoms with Crippen LogP contribution in [0, 0.1) is 0 Å². The third-order valence-electron chi connectivity index (χ3n) is 4.57. The molecule has 0 aliphatic heterocycles. The molecule has 2 aromatic heterocycles. The highest BCUT2D eigenvalue weighted by Gasteiger charge is 2.15. The number of thiazole rings is 1. The lowest BCUT2D eigenvalue weighted by molar-refractivity contribution is 0.397. The molecule has 2 aromatic carbocycles. The van der Waals surface area contributed by atoms with E-state index in [0.29, 0.717) is 29.7 Å². The van der Waals surface area contributed by atoms with Crippen molar-refractivity contribution < 1.29 is 9.47 Å². The summed E-state index contributed by atoms with van der Waals surface area (Å²) in [5.74, 6) is 1.72. The van der Waals surface area contributed by atoms with Gasteiger partial charge in [0.1, 0.15) is 22.2 Å². The van der Waals surface area contributed by atoms with Crippen molar-refractivity contribution in [2.45, 2.75) is 6.54 Å². The number of rotatable bonds is 7. The first-order valence-corrected chi connectivity index (χ1v) is 10.1. The lowest BCUT2D eigenvalue weighted by Gasteiger charge is -2.12. The van der Waals surface area contributed by atoms with Gasteiger partial charge >= 0.3 is 0 Å². The summed E-state index contributed by atoms with van der Waals surface area (Å²) in [6, 6.07) is 11.9. The first kappa shape index (κ1) is 19.8. The molecule has 2 heterocycles. The number of nitrogens with one attached hydrogen (secondary N) is 1. The predicted octanol–water partition coefficient (Wildman–Crippen LogP) is 3.84. The number of benzene rings is 2. The molecule has 4 aromatic rings. The summed E-state index contributed by atoms with van der Waals surface area (Å²) >= 11 is 1.64. The third-order valence-corrected chi connectivity index (χ3v) is 5.61. The molecule has 0 bridgehead atoms. The summed E-state index contributed by atoms with van der Waals surface area (Å²) in [4.78, 5) is 11.4. The molecule has 0 saturated carbocycles. The van der Waals surface area contributed by atoms with Crippen LogP contribution in [-0.2, 0) is 6.54 Å². The molecule has 0 atom stereocenters. The highest BCUT2D eigenvalue weighted by Crippen LogP contribution is 2.37. The molecule has 0 aliphatic rings. The van der Waals surface area contributed by atoms with Gasteiger partial charge in [-0.05, 0) is 30.3 Å². The molecular formula is C21H22N6O2S. The van der Waals surface area contributed by atoms with E-state index in [1.54, 1.807) is 31.8 Å². The van der Waals surface area contributed by atoms with Gasteiger partial charge < -0.3 is 19.7 Å². The number of hydrogen-bond acceptors (Lipinski definition) is 9. The SMILES string of the molecule is COc1cccc(OC)c1-c1cnnc(NCc2nc3cc(N(C)C)ccc3s2)n1. The molecule has 9 heteroatoms. The summed E-state index contributed by atoms with van der Waals surface area (Å²) < 4.78 is 12.1. The fourth-order valence-corrected chi connectivity index (χ4v) is 3.96. The van der Waals surface area contributed by atoms with E-state index in [2.05, 4.69) is 43.6 Å². The molecule has 0 saturated heterocycles. The quantitative estimate of drug-likeness (QED) is 0.481. The maximum Gasteiger partial charge on any atom is 0.243 e. The molecule has 0 amide bonds. The van der Waals surface area contributed by atoms with Gasteiger partial charge in [-0.2, -0.15) is 5.10 Å². The Labute approximate surface area is 178 Å². The summed E-state index contributed by atoms with van der Waals surface area (Å²) in [6.45, 7) is 0.505. The molecule has 0 radical (unpaired) electrons. The molecule has 1 N–H and O–H groups in total. The highest BCUT2D eigenvalue weighted by atomic mass is 32.1. The second-order valence-electron chi connectivity index (χ2n) is 6.71. The zero-order valence-corrected chi connectivity index (χ0v) is 18.0. The molecule has 4 rings (SSSR count). The molecule has 0 unspecified atom stereocenters.